The van der Waals surface area contributed by atoms with Crippen molar-refractivity contribution in [2.24, 2.45) is 0 Å². The molecule has 2 heterocycles. The van der Waals surface area contributed by atoms with Crippen molar-refractivity contribution in [1.82, 2.24) is 20.5 Å². The molecule has 1 N–H and O–H groups in total. The number of pyridine rings is 1. The van der Waals surface area contributed by atoms with Crippen molar-refractivity contribution in [2.45, 2.75) is 17.1 Å². The van der Waals surface area contributed by atoms with Crippen LogP contribution in [-0.4, -0.2) is 27.6 Å². The van der Waals surface area contributed by atoms with Gasteiger partial charge in [0.1, 0.15) is 21.6 Å². The minimum atomic E-state index is 0.723. The third-order valence-electron chi connectivity index (χ3n) is 3.88. The van der Waals surface area contributed by atoms with Crippen molar-refractivity contribution in [3.63, 3.8) is 0 Å². The lowest BCUT2D eigenvalue weighted by Crippen LogP contribution is -2.34. The van der Waals surface area contributed by atoms with Gasteiger partial charge in [-0.25, -0.2) is 4.98 Å². The summed E-state index contributed by atoms with van der Waals surface area (Å²) in [6, 6.07) is 17.9. The Morgan fingerprint density at radius 2 is 1.92 bits per heavy atom. The summed E-state index contributed by atoms with van der Waals surface area (Å²) < 4.78 is 7.14. The molecule has 7 heteroatoms. The summed E-state index contributed by atoms with van der Waals surface area (Å²) in [5, 5.41) is 13.7. The quantitative estimate of drug-likeness (QED) is 0.573. The van der Waals surface area contributed by atoms with E-state index in [2.05, 4.69) is 28.5 Å². The molecule has 2 aromatic carbocycles. The standard InChI is InChI=1S/C18H15N5OS/c1-12-10-17(19-16-11-14(24-2)8-9-15(12)16)25-18-20-21-22-23(18)13-6-4-3-5-7-13/h3-11H,1-2H3/p+1. The van der Waals surface area contributed by atoms with E-state index in [1.165, 1.54) is 11.8 Å². The average molecular weight is 350 g/mol. The summed E-state index contributed by atoms with van der Waals surface area (Å²) in [7, 11) is 1.66. The highest BCUT2D eigenvalue weighted by molar-refractivity contribution is 7.99. The van der Waals surface area contributed by atoms with Gasteiger partial charge in [0.15, 0.2) is 5.21 Å². The lowest BCUT2D eigenvalue weighted by Gasteiger charge is -2.06. The molecule has 0 aliphatic heterocycles. The van der Waals surface area contributed by atoms with Gasteiger partial charge >= 0.3 is 5.16 Å². The van der Waals surface area contributed by atoms with Crippen LogP contribution in [0.3, 0.4) is 0 Å². The van der Waals surface area contributed by atoms with Crippen LogP contribution >= 0.6 is 11.8 Å². The molecule has 0 aliphatic rings. The van der Waals surface area contributed by atoms with Crippen LogP contribution < -0.4 is 9.42 Å². The molecule has 0 radical (unpaired) electrons. The predicted octanol–water partition coefficient (Wildman–Crippen LogP) is 3.10. The average Bonchev–Trinajstić information content (AvgIpc) is 3.10. The fourth-order valence-electron chi connectivity index (χ4n) is 2.63. The predicted molar refractivity (Wildman–Crippen MR) is 95.1 cm³/mol. The number of aryl methyl sites for hydroxylation is 1. The zero-order valence-corrected chi connectivity index (χ0v) is 14.6. The number of methoxy groups -OCH3 is 1. The van der Waals surface area contributed by atoms with Crippen molar-refractivity contribution in [2.75, 3.05) is 7.11 Å². The van der Waals surface area contributed by atoms with E-state index < -0.39 is 0 Å². The van der Waals surface area contributed by atoms with E-state index in [9.17, 15) is 0 Å². The van der Waals surface area contributed by atoms with Crippen LogP contribution in [0, 0.1) is 6.92 Å². The van der Waals surface area contributed by atoms with Gasteiger partial charge in [-0.2, -0.15) is 0 Å². The fourth-order valence-corrected chi connectivity index (χ4v) is 3.52. The van der Waals surface area contributed by atoms with Crippen molar-refractivity contribution in [1.29, 1.82) is 0 Å². The highest BCUT2D eigenvalue weighted by atomic mass is 32.2. The minimum absolute atomic E-state index is 0.723. The van der Waals surface area contributed by atoms with Crippen LogP contribution in [0.5, 0.6) is 5.75 Å². The number of aromatic nitrogens is 5. The van der Waals surface area contributed by atoms with E-state index in [1.54, 1.807) is 7.11 Å². The lowest BCUT2D eigenvalue weighted by molar-refractivity contribution is -0.697. The molecule has 0 unspecified atom stereocenters. The number of nitrogens with zero attached hydrogens (tertiary/aromatic N) is 4. The Balaban J connectivity index is 1.73. The Bertz CT molecular complexity index is 1030. The molecule has 4 aromatic rings. The Kier molecular flexibility index (Phi) is 4.07. The molecule has 4 rings (SSSR count). The second-order valence-electron chi connectivity index (χ2n) is 5.52. The van der Waals surface area contributed by atoms with Crippen molar-refractivity contribution < 1.29 is 9.42 Å². The Morgan fingerprint density at radius 3 is 2.72 bits per heavy atom. The van der Waals surface area contributed by atoms with E-state index in [1.807, 2.05) is 53.2 Å². The number of ether oxygens (including phenoxy) is 1. The molecule has 0 saturated carbocycles. The fraction of sp³-hybridized carbons (Fsp3) is 0.111. The van der Waals surface area contributed by atoms with Gasteiger partial charge in [0.05, 0.1) is 12.6 Å². The highest BCUT2D eigenvalue weighted by Crippen LogP contribution is 2.28. The molecule has 0 amide bonds. The first-order chi connectivity index (χ1) is 12.2. The first-order valence-corrected chi connectivity index (χ1v) is 8.58. The largest absolute Gasteiger partial charge is 0.497 e. The first kappa shape index (κ1) is 15.6. The van der Waals surface area contributed by atoms with Crippen molar-refractivity contribution >= 4 is 22.7 Å². The van der Waals surface area contributed by atoms with Gasteiger partial charge in [0.2, 0.25) is 0 Å². The number of fused-ring (bicyclic) bond motifs is 1. The third-order valence-corrected chi connectivity index (χ3v) is 4.75. The van der Waals surface area contributed by atoms with Crippen molar-refractivity contribution in [3.8, 4) is 11.4 Å². The second-order valence-corrected chi connectivity index (χ2v) is 6.50. The Morgan fingerprint density at radius 1 is 1.08 bits per heavy atom. The lowest BCUT2D eigenvalue weighted by atomic mass is 10.1. The third kappa shape index (κ3) is 3.06. The molecule has 0 atom stereocenters. The molecule has 25 heavy (non-hydrogen) atoms. The van der Waals surface area contributed by atoms with Crippen LogP contribution in [-0.2, 0) is 0 Å². The maximum absolute atomic E-state index is 5.31. The minimum Gasteiger partial charge on any atom is -0.497 e. The van der Waals surface area contributed by atoms with Gasteiger partial charge in [-0.3, -0.25) is 0 Å². The van der Waals surface area contributed by atoms with Crippen LogP contribution in [0.1, 0.15) is 5.56 Å². The number of para-hydroxylation sites is 1. The molecule has 0 bridgehead atoms. The van der Waals surface area contributed by atoms with E-state index in [0.717, 1.165) is 38.1 Å². The van der Waals surface area contributed by atoms with Gasteiger partial charge in [0.25, 0.3) is 0 Å². The normalized spacial score (nSPS) is 11.0. The van der Waals surface area contributed by atoms with E-state index >= 15 is 0 Å². The smallest absolute Gasteiger partial charge is 0.371 e. The van der Waals surface area contributed by atoms with E-state index in [4.69, 9.17) is 9.72 Å². The number of H-pyrrole nitrogens is 1. The second kappa shape index (κ2) is 6.52. The molecule has 0 aliphatic carbocycles. The van der Waals surface area contributed by atoms with Crippen LogP contribution in [0.15, 0.2) is 64.8 Å². The van der Waals surface area contributed by atoms with Gasteiger partial charge in [-0.1, -0.05) is 23.4 Å². The molecular weight excluding hydrogens is 334 g/mol. The van der Waals surface area contributed by atoms with Gasteiger partial charge in [-0.15, -0.1) is 4.68 Å². The maximum atomic E-state index is 5.31. The number of aromatic amines is 1. The van der Waals surface area contributed by atoms with Crippen LogP contribution in [0.25, 0.3) is 16.6 Å². The SMILES string of the molecule is COc1ccc2c(C)cc(Sc3nn[nH][n+]3-c3ccccc3)nc2c1. The van der Waals surface area contributed by atoms with Crippen LogP contribution in [0.4, 0.5) is 0 Å². The molecular formula is C18H16N5OS+. The monoisotopic (exact) mass is 350 g/mol. The number of tetrazole rings is 1. The van der Waals surface area contributed by atoms with Crippen molar-refractivity contribution in [3.05, 3.63) is 60.2 Å². The van der Waals surface area contributed by atoms with E-state index in [0.29, 0.717) is 0 Å². The summed E-state index contributed by atoms with van der Waals surface area (Å²) in [6.45, 7) is 2.08. The molecule has 0 fully saturated rings. The molecule has 2 aromatic heterocycles. The number of rotatable bonds is 4. The summed E-state index contributed by atoms with van der Waals surface area (Å²) >= 11 is 1.46. The van der Waals surface area contributed by atoms with Gasteiger partial charge < -0.3 is 4.74 Å². The number of nitrogens with one attached hydrogen (secondary N) is 1. The number of hydrogen-bond acceptors (Lipinski definition) is 5. The first-order valence-electron chi connectivity index (χ1n) is 7.76. The Hall–Kier alpha value is -2.93. The number of benzene rings is 2. The maximum Gasteiger partial charge on any atom is 0.371 e. The summed E-state index contributed by atoms with van der Waals surface area (Å²) in [6.07, 6.45) is 0. The zero-order chi connectivity index (χ0) is 17.2. The topological polar surface area (TPSA) is 67.6 Å². The summed E-state index contributed by atoms with van der Waals surface area (Å²) in [4.78, 5) is 4.74. The zero-order valence-electron chi connectivity index (χ0n) is 13.8. The summed E-state index contributed by atoms with van der Waals surface area (Å²) in [5.74, 6) is 0.794. The summed E-state index contributed by atoms with van der Waals surface area (Å²) in [5.41, 5.74) is 3.02. The van der Waals surface area contributed by atoms with Gasteiger partial charge in [0, 0.05) is 23.2 Å². The Labute approximate surface area is 148 Å². The molecule has 0 saturated heterocycles. The molecule has 0 spiro atoms. The van der Waals surface area contributed by atoms with E-state index in [-0.39, 0.29) is 0 Å². The molecule has 6 nitrogen and oxygen atoms in total. The van der Waals surface area contributed by atoms with Gasteiger partial charge in [-0.05, 0) is 42.8 Å². The highest BCUT2D eigenvalue weighted by Gasteiger charge is 2.19. The van der Waals surface area contributed by atoms with Crippen LogP contribution in [0.2, 0.25) is 0 Å². The molecule has 124 valence electrons. The number of hydrogen-bond donors (Lipinski definition) is 1.